The monoisotopic (exact) mass is 552 g/mol. The lowest BCUT2D eigenvalue weighted by Crippen LogP contribution is -2.29. The number of nitrogens with zero attached hydrogens (tertiary/aromatic N) is 4. The zero-order chi connectivity index (χ0) is 29.1. The SMILES string of the molecule is COC(=O)c1c(-c2cc(OC)c(OC)c(OC)c2)c2ccc(-c3ccccn3)nc2c(=O)n1Cc1ccnc(C)c1. The average Bonchev–Trinajstić information content (AvgIpc) is 3.01. The summed E-state index contributed by atoms with van der Waals surface area (Å²) in [6.07, 6.45) is 3.32. The van der Waals surface area contributed by atoms with E-state index < -0.39 is 11.5 Å². The summed E-state index contributed by atoms with van der Waals surface area (Å²) < 4.78 is 23.3. The van der Waals surface area contributed by atoms with Crippen molar-refractivity contribution >= 4 is 16.9 Å². The van der Waals surface area contributed by atoms with Gasteiger partial charge in [0.05, 0.1) is 46.4 Å². The number of hydrogen-bond donors (Lipinski definition) is 0. The molecule has 0 atom stereocenters. The first kappa shape index (κ1) is 27.3. The first-order valence-corrected chi connectivity index (χ1v) is 12.7. The molecule has 0 aliphatic carbocycles. The second-order valence-corrected chi connectivity index (χ2v) is 9.13. The Morgan fingerprint density at radius 1 is 0.854 bits per heavy atom. The summed E-state index contributed by atoms with van der Waals surface area (Å²) in [6, 6.07) is 16.1. The minimum atomic E-state index is -0.688. The second kappa shape index (κ2) is 11.5. The zero-order valence-electron chi connectivity index (χ0n) is 23.3. The second-order valence-electron chi connectivity index (χ2n) is 9.13. The maximum Gasteiger partial charge on any atom is 0.355 e. The maximum absolute atomic E-state index is 14.2. The molecule has 0 N–H and O–H groups in total. The molecule has 10 heteroatoms. The van der Waals surface area contributed by atoms with Gasteiger partial charge in [0.1, 0.15) is 11.2 Å². The minimum Gasteiger partial charge on any atom is -0.493 e. The van der Waals surface area contributed by atoms with E-state index in [-0.39, 0.29) is 17.8 Å². The molecule has 4 aromatic heterocycles. The van der Waals surface area contributed by atoms with E-state index in [4.69, 9.17) is 23.9 Å². The van der Waals surface area contributed by atoms with Gasteiger partial charge in [0, 0.05) is 29.0 Å². The number of fused-ring (bicyclic) bond motifs is 1. The van der Waals surface area contributed by atoms with Crippen LogP contribution in [0.1, 0.15) is 21.7 Å². The van der Waals surface area contributed by atoms with Crippen LogP contribution in [0.15, 0.2) is 71.8 Å². The van der Waals surface area contributed by atoms with Crippen LogP contribution < -0.4 is 19.8 Å². The fourth-order valence-corrected chi connectivity index (χ4v) is 4.84. The molecule has 0 saturated heterocycles. The molecule has 0 saturated carbocycles. The first-order valence-electron chi connectivity index (χ1n) is 12.7. The predicted molar refractivity (Wildman–Crippen MR) is 154 cm³/mol. The normalized spacial score (nSPS) is 10.9. The molecule has 0 amide bonds. The third-order valence-corrected chi connectivity index (χ3v) is 6.68. The smallest absolute Gasteiger partial charge is 0.355 e. The lowest BCUT2D eigenvalue weighted by atomic mass is 9.96. The number of pyridine rings is 4. The lowest BCUT2D eigenvalue weighted by molar-refractivity contribution is 0.0588. The molecule has 5 aromatic rings. The van der Waals surface area contributed by atoms with Crippen LogP contribution >= 0.6 is 0 Å². The number of carbonyl (C=O) groups is 1. The van der Waals surface area contributed by atoms with Gasteiger partial charge in [-0.05, 0) is 66.6 Å². The Hall–Kier alpha value is -5.25. The quantitative estimate of drug-likeness (QED) is 0.253. The number of benzene rings is 1. The summed E-state index contributed by atoms with van der Waals surface area (Å²) in [5.41, 5.74) is 3.41. The molecular weight excluding hydrogens is 524 g/mol. The molecule has 0 unspecified atom stereocenters. The third-order valence-electron chi connectivity index (χ3n) is 6.68. The molecule has 0 aliphatic heterocycles. The van der Waals surface area contributed by atoms with Crippen molar-refractivity contribution in [1.82, 2.24) is 19.5 Å². The van der Waals surface area contributed by atoms with E-state index >= 15 is 0 Å². The number of methoxy groups -OCH3 is 4. The van der Waals surface area contributed by atoms with Crippen molar-refractivity contribution in [2.24, 2.45) is 0 Å². The van der Waals surface area contributed by atoms with E-state index in [0.29, 0.717) is 45.1 Å². The van der Waals surface area contributed by atoms with Crippen LogP contribution in [-0.2, 0) is 11.3 Å². The molecule has 10 nitrogen and oxygen atoms in total. The van der Waals surface area contributed by atoms with E-state index in [1.54, 1.807) is 48.8 Å². The number of esters is 1. The molecule has 0 aliphatic rings. The molecule has 4 heterocycles. The topological polar surface area (TPSA) is 115 Å². The molecule has 0 spiro atoms. The van der Waals surface area contributed by atoms with Crippen molar-refractivity contribution in [3.63, 3.8) is 0 Å². The van der Waals surface area contributed by atoms with Gasteiger partial charge in [-0.2, -0.15) is 0 Å². The van der Waals surface area contributed by atoms with Crippen LogP contribution in [0.3, 0.4) is 0 Å². The Labute approximate surface area is 236 Å². The van der Waals surface area contributed by atoms with Crippen molar-refractivity contribution in [3.8, 4) is 39.8 Å². The fourth-order valence-electron chi connectivity index (χ4n) is 4.84. The average molecular weight is 553 g/mol. The van der Waals surface area contributed by atoms with Gasteiger partial charge < -0.3 is 18.9 Å². The van der Waals surface area contributed by atoms with Crippen molar-refractivity contribution < 1.29 is 23.7 Å². The zero-order valence-corrected chi connectivity index (χ0v) is 23.3. The van der Waals surface area contributed by atoms with E-state index in [9.17, 15) is 9.59 Å². The summed E-state index contributed by atoms with van der Waals surface area (Å²) in [4.78, 5) is 41.0. The van der Waals surface area contributed by atoms with E-state index in [1.807, 2.05) is 25.1 Å². The lowest BCUT2D eigenvalue weighted by Gasteiger charge is -2.20. The van der Waals surface area contributed by atoms with Gasteiger partial charge in [-0.1, -0.05) is 6.07 Å². The Kier molecular flexibility index (Phi) is 7.64. The number of aromatic nitrogens is 4. The van der Waals surface area contributed by atoms with Gasteiger partial charge in [-0.3, -0.25) is 19.3 Å². The molecule has 1 aromatic carbocycles. The van der Waals surface area contributed by atoms with Crippen LogP contribution in [-0.4, -0.2) is 53.9 Å². The Morgan fingerprint density at radius 3 is 2.22 bits per heavy atom. The summed E-state index contributed by atoms with van der Waals surface area (Å²) in [5, 5.41) is 0.450. The van der Waals surface area contributed by atoms with E-state index in [0.717, 1.165) is 11.3 Å². The number of ether oxygens (including phenoxy) is 4. The fraction of sp³-hybridized carbons (Fsp3) is 0.194. The maximum atomic E-state index is 14.2. The minimum absolute atomic E-state index is 0.0566. The molecule has 208 valence electrons. The highest BCUT2D eigenvalue weighted by atomic mass is 16.5. The summed E-state index contributed by atoms with van der Waals surface area (Å²) in [7, 11) is 5.80. The predicted octanol–water partition coefficient (Wildman–Crippen LogP) is 4.69. The molecule has 0 fully saturated rings. The van der Waals surface area contributed by atoms with Crippen LogP contribution in [0, 0.1) is 6.92 Å². The molecule has 41 heavy (non-hydrogen) atoms. The van der Waals surface area contributed by atoms with E-state index in [1.165, 1.54) is 33.0 Å². The van der Waals surface area contributed by atoms with Crippen molar-refractivity contribution in [2.45, 2.75) is 13.5 Å². The van der Waals surface area contributed by atoms with Gasteiger partial charge in [-0.15, -0.1) is 0 Å². The summed E-state index contributed by atoms with van der Waals surface area (Å²) in [5.74, 6) is 0.462. The number of aryl methyl sites for hydroxylation is 1. The molecular formula is C31H28N4O6. The van der Waals surface area contributed by atoms with Crippen molar-refractivity contribution in [1.29, 1.82) is 0 Å². The summed E-state index contributed by atoms with van der Waals surface area (Å²) >= 11 is 0. The highest BCUT2D eigenvalue weighted by molar-refractivity contribution is 6.06. The Morgan fingerprint density at radius 2 is 1.61 bits per heavy atom. The van der Waals surface area contributed by atoms with Crippen LogP contribution in [0.4, 0.5) is 0 Å². The van der Waals surface area contributed by atoms with Gasteiger partial charge in [-0.25, -0.2) is 9.78 Å². The van der Waals surface area contributed by atoms with Crippen molar-refractivity contribution in [3.05, 3.63) is 94.3 Å². The Balaban J connectivity index is 1.92. The van der Waals surface area contributed by atoms with Gasteiger partial charge in [0.2, 0.25) is 5.75 Å². The largest absolute Gasteiger partial charge is 0.493 e. The van der Waals surface area contributed by atoms with Crippen LogP contribution in [0.5, 0.6) is 17.2 Å². The number of rotatable bonds is 8. The van der Waals surface area contributed by atoms with Crippen molar-refractivity contribution in [2.75, 3.05) is 28.4 Å². The molecule has 0 bridgehead atoms. The highest BCUT2D eigenvalue weighted by Gasteiger charge is 2.27. The van der Waals surface area contributed by atoms with Crippen LogP contribution in [0.2, 0.25) is 0 Å². The first-order chi connectivity index (χ1) is 19.9. The standard InChI is InChI=1S/C31H28N4O6/c1-18-14-19(11-13-32-18)17-35-28(31(37)41-5)26(20-15-24(38-2)29(40-4)25(16-20)39-3)21-9-10-23(34-27(21)30(35)36)22-8-6-7-12-33-22/h6-16H,17H2,1-5H3. The van der Waals surface area contributed by atoms with Gasteiger partial charge >= 0.3 is 5.97 Å². The third kappa shape index (κ3) is 5.07. The Bertz CT molecular complexity index is 1790. The molecule has 0 radical (unpaired) electrons. The van der Waals surface area contributed by atoms with Crippen LogP contribution in [0.25, 0.3) is 33.4 Å². The van der Waals surface area contributed by atoms with Gasteiger partial charge in [0.15, 0.2) is 11.5 Å². The number of hydrogen-bond acceptors (Lipinski definition) is 9. The number of carbonyl (C=O) groups excluding carboxylic acids is 1. The van der Waals surface area contributed by atoms with Gasteiger partial charge in [0.25, 0.3) is 5.56 Å². The molecule has 5 rings (SSSR count). The summed E-state index contributed by atoms with van der Waals surface area (Å²) in [6.45, 7) is 1.94. The highest BCUT2D eigenvalue weighted by Crippen LogP contribution is 2.43. The van der Waals surface area contributed by atoms with E-state index in [2.05, 4.69) is 9.97 Å².